The van der Waals surface area contributed by atoms with E-state index in [4.69, 9.17) is 0 Å². The molecule has 1 aliphatic rings. The number of fused-ring (bicyclic) bond motifs is 1. The van der Waals surface area contributed by atoms with Gasteiger partial charge in [0.1, 0.15) is 0 Å². The van der Waals surface area contributed by atoms with E-state index in [2.05, 4.69) is 4.98 Å². The average molecular weight is 254 g/mol. The molecular formula is C15H14N2O2. The third-order valence-corrected chi connectivity index (χ3v) is 3.66. The average Bonchev–Trinajstić information content (AvgIpc) is 2.67. The minimum absolute atomic E-state index is 0.0852. The van der Waals surface area contributed by atoms with E-state index in [1.807, 2.05) is 30.3 Å². The van der Waals surface area contributed by atoms with Crippen molar-refractivity contribution in [3.05, 3.63) is 42.1 Å². The number of imide groups is 1. The van der Waals surface area contributed by atoms with E-state index in [0.717, 1.165) is 16.5 Å². The molecule has 2 heterocycles. The molecule has 0 saturated carbocycles. The van der Waals surface area contributed by atoms with Crippen LogP contribution < -0.4 is 0 Å². The van der Waals surface area contributed by atoms with E-state index in [0.29, 0.717) is 12.8 Å². The molecule has 1 atom stereocenters. The Morgan fingerprint density at radius 2 is 2.05 bits per heavy atom. The van der Waals surface area contributed by atoms with Gasteiger partial charge in [0.25, 0.3) is 0 Å². The van der Waals surface area contributed by atoms with Crippen LogP contribution in [0.1, 0.15) is 12.0 Å². The molecule has 19 heavy (non-hydrogen) atoms. The second kappa shape index (κ2) is 4.46. The summed E-state index contributed by atoms with van der Waals surface area (Å²) in [6.45, 7) is 0. The third kappa shape index (κ3) is 1.99. The van der Waals surface area contributed by atoms with E-state index in [1.165, 1.54) is 4.90 Å². The molecule has 0 radical (unpaired) electrons. The maximum atomic E-state index is 11.9. The molecular weight excluding hydrogens is 240 g/mol. The van der Waals surface area contributed by atoms with Crippen LogP contribution >= 0.6 is 0 Å². The van der Waals surface area contributed by atoms with Crippen molar-refractivity contribution in [3.8, 4) is 0 Å². The predicted molar refractivity (Wildman–Crippen MR) is 71.3 cm³/mol. The van der Waals surface area contributed by atoms with Gasteiger partial charge in [-0.2, -0.15) is 0 Å². The van der Waals surface area contributed by atoms with Gasteiger partial charge in [-0.25, -0.2) is 0 Å². The van der Waals surface area contributed by atoms with Gasteiger partial charge in [0.15, 0.2) is 0 Å². The monoisotopic (exact) mass is 254 g/mol. The number of likely N-dealkylation sites (tertiary alicyclic amines) is 1. The first-order chi connectivity index (χ1) is 9.16. The molecule has 2 aromatic rings. The van der Waals surface area contributed by atoms with Crippen LogP contribution in [0.25, 0.3) is 10.9 Å². The number of para-hydroxylation sites is 1. The molecule has 0 bridgehead atoms. The topological polar surface area (TPSA) is 50.3 Å². The molecule has 3 rings (SSSR count). The number of carbonyl (C=O) groups is 2. The second-order valence-electron chi connectivity index (χ2n) is 4.89. The normalized spacial score (nSPS) is 19.4. The zero-order valence-electron chi connectivity index (χ0n) is 10.7. The highest BCUT2D eigenvalue weighted by molar-refractivity contribution is 6.03. The van der Waals surface area contributed by atoms with Crippen LogP contribution in [0.3, 0.4) is 0 Å². The van der Waals surface area contributed by atoms with Gasteiger partial charge in [-0.15, -0.1) is 0 Å². The summed E-state index contributed by atoms with van der Waals surface area (Å²) < 4.78 is 0. The number of aromatic nitrogens is 1. The van der Waals surface area contributed by atoms with Crippen LogP contribution in [0.5, 0.6) is 0 Å². The molecule has 0 N–H and O–H groups in total. The number of pyridine rings is 1. The molecule has 1 fully saturated rings. The standard InChI is InChI=1S/C15H14N2O2/c1-17-13(18)9-12(15(17)19)8-11-5-2-4-10-6-3-7-16-14(10)11/h2-7,12H,8-9H2,1H3. The highest BCUT2D eigenvalue weighted by Crippen LogP contribution is 2.25. The quantitative estimate of drug-likeness (QED) is 0.768. The lowest BCUT2D eigenvalue weighted by molar-refractivity contribution is -0.137. The molecule has 1 aromatic carbocycles. The van der Waals surface area contributed by atoms with Gasteiger partial charge in [0.2, 0.25) is 11.8 Å². The summed E-state index contributed by atoms with van der Waals surface area (Å²) in [6, 6.07) is 9.83. The minimum Gasteiger partial charge on any atom is -0.285 e. The fraction of sp³-hybridized carbons (Fsp3) is 0.267. The molecule has 0 spiro atoms. The lowest BCUT2D eigenvalue weighted by Gasteiger charge is -2.10. The Hall–Kier alpha value is -2.23. The van der Waals surface area contributed by atoms with Crippen molar-refractivity contribution in [2.24, 2.45) is 5.92 Å². The van der Waals surface area contributed by atoms with Gasteiger partial charge in [-0.1, -0.05) is 24.3 Å². The van der Waals surface area contributed by atoms with Crippen molar-refractivity contribution in [1.82, 2.24) is 9.88 Å². The molecule has 2 amide bonds. The maximum Gasteiger partial charge on any atom is 0.232 e. The minimum atomic E-state index is -0.245. The first kappa shape index (κ1) is 11.8. The number of rotatable bonds is 2. The van der Waals surface area contributed by atoms with Gasteiger partial charge >= 0.3 is 0 Å². The van der Waals surface area contributed by atoms with Crippen molar-refractivity contribution < 1.29 is 9.59 Å². The number of benzene rings is 1. The van der Waals surface area contributed by atoms with Crippen LogP contribution in [-0.2, 0) is 16.0 Å². The lowest BCUT2D eigenvalue weighted by Crippen LogP contribution is -2.26. The molecule has 1 saturated heterocycles. The number of hydrogen-bond acceptors (Lipinski definition) is 3. The number of carbonyl (C=O) groups excluding carboxylic acids is 2. The Bertz CT molecular complexity index is 661. The first-order valence-corrected chi connectivity index (χ1v) is 6.30. The fourth-order valence-electron chi connectivity index (χ4n) is 2.59. The highest BCUT2D eigenvalue weighted by atomic mass is 16.2. The van der Waals surface area contributed by atoms with Crippen molar-refractivity contribution in [1.29, 1.82) is 0 Å². The van der Waals surface area contributed by atoms with Crippen LogP contribution in [0.15, 0.2) is 36.5 Å². The predicted octanol–water partition coefficient (Wildman–Crippen LogP) is 1.78. The molecule has 96 valence electrons. The summed E-state index contributed by atoms with van der Waals surface area (Å²) in [5.41, 5.74) is 1.94. The molecule has 4 heteroatoms. The maximum absolute atomic E-state index is 11.9. The Labute approximate surface area is 111 Å². The number of nitrogens with zero attached hydrogens (tertiary/aromatic N) is 2. The van der Waals surface area contributed by atoms with Crippen LogP contribution in [0.4, 0.5) is 0 Å². The Morgan fingerprint density at radius 1 is 1.26 bits per heavy atom. The van der Waals surface area contributed by atoms with Gasteiger partial charge in [-0.05, 0) is 18.1 Å². The Kier molecular flexibility index (Phi) is 2.78. The van der Waals surface area contributed by atoms with E-state index < -0.39 is 0 Å². The lowest BCUT2D eigenvalue weighted by atomic mass is 9.96. The summed E-state index contributed by atoms with van der Waals surface area (Å²) in [5.74, 6) is -0.425. The Balaban J connectivity index is 1.94. The molecule has 1 unspecified atom stereocenters. The first-order valence-electron chi connectivity index (χ1n) is 6.30. The van der Waals surface area contributed by atoms with E-state index >= 15 is 0 Å². The van der Waals surface area contributed by atoms with Crippen molar-refractivity contribution in [2.45, 2.75) is 12.8 Å². The largest absolute Gasteiger partial charge is 0.285 e. The molecule has 4 nitrogen and oxygen atoms in total. The molecule has 1 aliphatic heterocycles. The molecule has 1 aromatic heterocycles. The third-order valence-electron chi connectivity index (χ3n) is 3.66. The van der Waals surface area contributed by atoms with Crippen molar-refractivity contribution in [3.63, 3.8) is 0 Å². The number of amides is 2. The van der Waals surface area contributed by atoms with E-state index in [9.17, 15) is 9.59 Å². The summed E-state index contributed by atoms with van der Waals surface area (Å²) in [5, 5.41) is 1.06. The summed E-state index contributed by atoms with van der Waals surface area (Å²) in [7, 11) is 1.55. The second-order valence-corrected chi connectivity index (χ2v) is 4.89. The SMILES string of the molecule is CN1C(=O)CC(Cc2cccc3cccnc23)C1=O. The fourth-order valence-corrected chi connectivity index (χ4v) is 2.59. The summed E-state index contributed by atoms with van der Waals surface area (Å²) >= 11 is 0. The smallest absolute Gasteiger partial charge is 0.232 e. The summed E-state index contributed by atoms with van der Waals surface area (Å²) in [6.07, 6.45) is 2.63. The van der Waals surface area contributed by atoms with E-state index in [1.54, 1.807) is 13.2 Å². The van der Waals surface area contributed by atoms with Gasteiger partial charge in [0, 0.05) is 25.1 Å². The van der Waals surface area contributed by atoms with E-state index in [-0.39, 0.29) is 17.7 Å². The zero-order chi connectivity index (χ0) is 13.4. The zero-order valence-corrected chi connectivity index (χ0v) is 10.7. The van der Waals surface area contributed by atoms with Gasteiger partial charge in [-0.3, -0.25) is 19.5 Å². The number of hydrogen-bond donors (Lipinski definition) is 0. The molecule has 0 aliphatic carbocycles. The van der Waals surface area contributed by atoms with Gasteiger partial charge < -0.3 is 0 Å². The van der Waals surface area contributed by atoms with Gasteiger partial charge in [0.05, 0.1) is 11.4 Å². The Morgan fingerprint density at radius 3 is 2.79 bits per heavy atom. The van der Waals surface area contributed by atoms with Crippen LogP contribution in [0.2, 0.25) is 0 Å². The van der Waals surface area contributed by atoms with Crippen LogP contribution in [0, 0.1) is 5.92 Å². The van der Waals surface area contributed by atoms with Crippen LogP contribution in [-0.4, -0.2) is 28.7 Å². The van der Waals surface area contributed by atoms with Crippen molar-refractivity contribution >= 4 is 22.7 Å². The summed E-state index contributed by atoms with van der Waals surface area (Å²) in [4.78, 5) is 29.1. The highest BCUT2D eigenvalue weighted by Gasteiger charge is 2.36. The van der Waals surface area contributed by atoms with Crippen molar-refractivity contribution in [2.75, 3.05) is 7.05 Å².